The van der Waals surface area contributed by atoms with Crippen molar-refractivity contribution in [2.24, 2.45) is 4.99 Å². The fourth-order valence-electron chi connectivity index (χ4n) is 4.66. The van der Waals surface area contributed by atoms with Crippen LogP contribution < -0.4 is 19.6 Å². The number of nitrogens with zero attached hydrogens (tertiary/aromatic N) is 2. The molecule has 0 bridgehead atoms. The minimum atomic E-state index is -1.15. The number of hydrogen-bond acceptors (Lipinski definition) is 8. The van der Waals surface area contributed by atoms with Crippen LogP contribution in [0.3, 0.4) is 0 Å². The molecule has 4 aromatic rings. The van der Waals surface area contributed by atoms with Crippen LogP contribution in [0.25, 0.3) is 17.4 Å². The van der Waals surface area contributed by atoms with Crippen molar-refractivity contribution in [3.8, 4) is 17.1 Å². The first-order chi connectivity index (χ1) is 20.1. The molecule has 3 heterocycles. The second kappa shape index (κ2) is 11.8. The van der Waals surface area contributed by atoms with Gasteiger partial charge in [-0.05, 0) is 75.7 Å². The third kappa shape index (κ3) is 5.68. The maximum Gasteiger partial charge on any atom is 0.338 e. The lowest BCUT2D eigenvalue weighted by Crippen LogP contribution is -2.39. The number of fused-ring (bicyclic) bond motifs is 1. The predicted molar refractivity (Wildman–Crippen MR) is 159 cm³/mol. The third-order valence-electron chi connectivity index (χ3n) is 6.47. The van der Waals surface area contributed by atoms with Crippen molar-refractivity contribution >= 4 is 41.0 Å². The van der Waals surface area contributed by atoms with Crippen LogP contribution in [0.2, 0.25) is 5.02 Å². The highest BCUT2D eigenvalue weighted by Crippen LogP contribution is 2.32. The summed E-state index contributed by atoms with van der Waals surface area (Å²) in [6, 6.07) is 14.5. The smallest absolute Gasteiger partial charge is 0.338 e. The van der Waals surface area contributed by atoms with Crippen LogP contribution in [0, 0.1) is 0 Å². The second-order valence-electron chi connectivity index (χ2n) is 9.74. The highest BCUT2D eigenvalue weighted by Gasteiger charge is 2.33. The first kappa shape index (κ1) is 29.1. The SMILES string of the molecule is CCOC(=O)C1=C(C)N=c2s/c(=C\c3ccc(-c4ccc(Cl)c(C(=O)O)c4)o3)c(=O)n2[C@H]1c1ccc(OC(C)C)cc1. The zero-order valence-electron chi connectivity index (χ0n) is 23.2. The van der Waals surface area contributed by atoms with E-state index < -0.39 is 18.0 Å². The van der Waals surface area contributed by atoms with E-state index in [-0.39, 0.29) is 34.4 Å². The van der Waals surface area contributed by atoms with Crippen molar-refractivity contribution < 1.29 is 28.6 Å². The summed E-state index contributed by atoms with van der Waals surface area (Å²) in [6.07, 6.45) is 1.59. The Morgan fingerprint density at radius 3 is 2.57 bits per heavy atom. The number of esters is 1. The normalized spacial score (nSPS) is 15.0. The summed E-state index contributed by atoms with van der Waals surface area (Å²) in [5, 5.41) is 9.52. The number of aromatic nitrogens is 1. The van der Waals surface area contributed by atoms with Gasteiger partial charge in [0.15, 0.2) is 4.80 Å². The number of hydrogen-bond donors (Lipinski definition) is 1. The summed E-state index contributed by atoms with van der Waals surface area (Å²) in [7, 11) is 0. The predicted octanol–water partition coefficient (Wildman–Crippen LogP) is 5.20. The van der Waals surface area contributed by atoms with Gasteiger partial charge in [-0.15, -0.1) is 0 Å². The van der Waals surface area contributed by atoms with E-state index >= 15 is 0 Å². The van der Waals surface area contributed by atoms with E-state index in [9.17, 15) is 19.5 Å². The number of carbonyl (C=O) groups is 2. The molecule has 42 heavy (non-hydrogen) atoms. The standard InChI is InChI=1S/C31H27ClN2O7S/c1-5-39-30(38)26-17(4)33-31-34(27(26)18-6-9-20(10-7-18)40-16(2)3)28(35)25(42-31)15-21-11-13-24(41-21)19-8-12-23(32)22(14-19)29(36)37/h6-16,27H,5H2,1-4H3,(H,36,37)/b25-15-/t27-/m0/s1. The number of ether oxygens (including phenoxy) is 2. The van der Waals surface area contributed by atoms with Gasteiger partial charge in [-0.3, -0.25) is 9.36 Å². The number of thiazole rings is 1. The van der Waals surface area contributed by atoms with E-state index in [1.54, 1.807) is 50.3 Å². The minimum absolute atomic E-state index is 0.00761. The molecule has 2 aromatic heterocycles. The summed E-state index contributed by atoms with van der Waals surface area (Å²) < 4.78 is 18.9. The molecule has 0 unspecified atom stereocenters. The number of benzene rings is 2. The van der Waals surface area contributed by atoms with Crippen molar-refractivity contribution in [3.63, 3.8) is 0 Å². The Hall–Kier alpha value is -4.41. The van der Waals surface area contributed by atoms with Gasteiger partial charge >= 0.3 is 11.9 Å². The number of halogens is 1. The third-order valence-corrected chi connectivity index (χ3v) is 7.78. The number of carboxylic acids is 1. The molecular formula is C31H27ClN2O7S. The molecule has 1 aliphatic rings. The Bertz CT molecular complexity index is 1900. The van der Waals surface area contributed by atoms with Gasteiger partial charge in [-0.2, -0.15) is 0 Å². The van der Waals surface area contributed by atoms with Crippen LogP contribution in [-0.2, 0) is 9.53 Å². The monoisotopic (exact) mass is 606 g/mol. The first-order valence-electron chi connectivity index (χ1n) is 13.2. The summed E-state index contributed by atoms with van der Waals surface area (Å²) in [6.45, 7) is 7.49. The Morgan fingerprint density at radius 1 is 1.17 bits per heavy atom. The maximum atomic E-state index is 13.8. The molecule has 0 saturated carbocycles. The van der Waals surface area contributed by atoms with Crippen molar-refractivity contribution in [1.82, 2.24) is 4.57 Å². The molecule has 1 atom stereocenters. The molecular weight excluding hydrogens is 580 g/mol. The number of carboxylic acid groups (broad SMARTS) is 1. The van der Waals surface area contributed by atoms with E-state index in [1.807, 2.05) is 26.0 Å². The van der Waals surface area contributed by atoms with Crippen molar-refractivity contribution in [2.45, 2.75) is 39.8 Å². The summed E-state index contributed by atoms with van der Waals surface area (Å²) in [5.74, 6) is -0.224. The van der Waals surface area contributed by atoms with Gasteiger partial charge < -0.3 is 19.0 Å². The number of allylic oxidation sites excluding steroid dienone is 1. The molecule has 216 valence electrons. The maximum absolute atomic E-state index is 13.8. The summed E-state index contributed by atoms with van der Waals surface area (Å²) in [4.78, 5) is 43.5. The molecule has 5 rings (SSSR count). The Balaban J connectivity index is 1.59. The average molecular weight is 607 g/mol. The molecule has 0 saturated heterocycles. The lowest BCUT2D eigenvalue weighted by atomic mass is 9.96. The van der Waals surface area contributed by atoms with Crippen LogP contribution in [0.5, 0.6) is 5.75 Å². The van der Waals surface area contributed by atoms with Crippen LogP contribution in [0.4, 0.5) is 0 Å². The summed E-state index contributed by atoms with van der Waals surface area (Å²) >= 11 is 7.17. The molecule has 9 nitrogen and oxygen atoms in total. The van der Waals surface area contributed by atoms with Crippen LogP contribution >= 0.6 is 22.9 Å². The molecule has 0 fully saturated rings. The van der Waals surface area contributed by atoms with E-state index in [1.165, 1.54) is 28.0 Å². The van der Waals surface area contributed by atoms with E-state index in [0.29, 0.717) is 43.4 Å². The summed E-state index contributed by atoms with van der Waals surface area (Å²) in [5.41, 5.74) is 1.58. The molecule has 11 heteroatoms. The Morgan fingerprint density at radius 2 is 1.90 bits per heavy atom. The molecule has 0 aliphatic carbocycles. The lowest BCUT2D eigenvalue weighted by Gasteiger charge is -2.25. The van der Waals surface area contributed by atoms with E-state index in [4.69, 9.17) is 25.5 Å². The van der Waals surface area contributed by atoms with Crippen molar-refractivity contribution in [3.05, 3.63) is 107 Å². The molecule has 2 aromatic carbocycles. The molecule has 1 N–H and O–H groups in total. The lowest BCUT2D eigenvalue weighted by molar-refractivity contribution is -0.139. The van der Waals surface area contributed by atoms with Crippen LogP contribution in [0.15, 0.2) is 80.1 Å². The molecule has 1 aliphatic heterocycles. The number of carbonyl (C=O) groups excluding carboxylic acids is 1. The largest absolute Gasteiger partial charge is 0.491 e. The molecule has 0 radical (unpaired) electrons. The van der Waals surface area contributed by atoms with Gasteiger partial charge in [0.25, 0.3) is 5.56 Å². The van der Waals surface area contributed by atoms with E-state index in [0.717, 1.165) is 0 Å². The van der Waals surface area contributed by atoms with Gasteiger partial charge in [0.2, 0.25) is 0 Å². The molecule has 0 amide bonds. The van der Waals surface area contributed by atoms with Gasteiger partial charge in [-0.1, -0.05) is 35.1 Å². The van der Waals surface area contributed by atoms with Gasteiger partial charge in [0.1, 0.15) is 17.3 Å². The zero-order chi connectivity index (χ0) is 30.1. The molecule has 0 spiro atoms. The fourth-order valence-corrected chi connectivity index (χ4v) is 5.89. The highest BCUT2D eigenvalue weighted by atomic mass is 35.5. The number of aromatic carboxylic acids is 1. The van der Waals surface area contributed by atoms with Crippen molar-refractivity contribution in [1.29, 1.82) is 0 Å². The average Bonchev–Trinajstić information content (AvgIpc) is 3.52. The highest BCUT2D eigenvalue weighted by molar-refractivity contribution is 7.07. The second-order valence-corrected chi connectivity index (χ2v) is 11.2. The van der Waals surface area contributed by atoms with Crippen LogP contribution in [0.1, 0.15) is 55.4 Å². The fraction of sp³-hybridized carbons (Fsp3) is 0.226. The minimum Gasteiger partial charge on any atom is -0.491 e. The van der Waals surface area contributed by atoms with Crippen molar-refractivity contribution in [2.75, 3.05) is 6.61 Å². The number of rotatable bonds is 8. The van der Waals surface area contributed by atoms with Gasteiger partial charge in [-0.25, -0.2) is 14.6 Å². The van der Waals surface area contributed by atoms with E-state index in [2.05, 4.69) is 4.99 Å². The quantitative estimate of drug-likeness (QED) is 0.274. The number of furan rings is 1. The first-order valence-corrected chi connectivity index (χ1v) is 14.4. The van der Waals surface area contributed by atoms with Gasteiger partial charge in [0, 0.05) is 11.6 Å². The van der Waals surface area contributed by atoms with Gasteiger partial charge in [0.05, 0.1) is 45.1 Å². The Labute approximate surface area is 249 Å². The Kier molecular flexibility index (Phi) is 8.20. The zero-order valence-corrected chi connectivity index (χ0v) is 24.8. The topological polar surface area (TPSA) is 120 Å². The van der Waals surface area contributed by atoms with Crippen LogP contribution in [-0.4, -0.2) is 34.3 Å².